The number of nitriles is 2. The number of nitrogens with zero attached hydrogens (tertiary/aromatic N) is 2. The molecular weight excluding hydrogens is 420 g/mol. The Morgan fingerprint density at radius 3 is 1.36 bits per heavy atom. The van der Waals surface area contributed by atoms with Gasteiger partial charge in [-0.25, -0.2) is 0 Å². The van der Waals surface area contributed by atoms with Crippen molar-refractivity contribution in [2.24, 2.45) is 0 Å². The van der Waals surface area contributed by atoms with Gasteiger partial charge in [-0.1, -0.05) is 97.1 Å². The monoisotopic (exact) mass is 442 g/mol. The summed E-state index contributed by atoms with van der Waals surface area (Å²) >= 11 is 1.58. The molecule has 3 heteroatoms. The minimum Gasteiger partial charge on any atom is -0.197 e. The number of thiophene rings is 1. The van der Waals surface area contributed by atoms with Gasteiger partial charge in [-0.15, -0.1) is 11.3 Å². The zero-order chi connectivity index (χ0) is 22.7. The normalized spacial score (nSPS) is 23.8. The lowest BCUT2D eigenvalue weighted by Crippen LogP contribution is -2.22. The lowest BCUT2D eigenvalue weighted by Gasteiger charge is -2.26. The Balaban J connectivity index is 1.41. The fourth-order valence-corrected chi connectivity index (χ4v) is 5.69. The molecule has 2 nitrogen and oxygen atoms in total. The number of rotatable bonds is 4. The molecule has 2 atom stereocenters. The predicted octanol–water partition coefficient (Wildman–Crippen LogP) is 7.36. The largest absolute Gasteiger partial charge is 0.197 e. The van der Waals surface area contributed by atoms with Crippen LogP contribution in [0.1, 0.15) is 33.7 Å². The molecule has 0 N–H and O–H groups in total. The van der Waals surface area contributed by atoms with Crippen LogP contribution in [0.4, 0.5) is 0 Å². The molecule has 158 valence electrons. The van der Waals surface area contributed by atoms with Gasteiger partial charge in [0.05, 0.1) is 12.1 Å². The van der Waals surface area contributed by atoms with Gasteiger partial charge >= 0.3 is 0 Å². The molecule has 5 rings (SSSR count). The first-order valence-corrected chi connectivity index (χ1v) is 11.8. The summed E-state index contributed by atoms with van der Waals surface area (Å²) in [4.78, 5) is 1.97. The molecule has 0 aliphatic heterocycles. The summed E-state index contributed by atoms with van der Waals surface area (Å²) < 4.78 is 0. The van der Waals surface area contributed by atoms with E-state index in [0.717, 1.165) is 32.0 Å². The highest BCUT2D eigenvalue weighted by atomic mass is 32.1. The highest BCUT2D eigenvalue weighted by Crippen LogP contribution is 2.44. The van der Waals surface area contributed by atoms with Gasteiger partial charge in [0.25, 0.3) is 0 Å². The Morgan fingerprint density at radius 2 is 1.03 bits per heavy atom. The molecule has 0 saturated heterocycles. The highest BCUT2D eigenvalue weighted by molar-refractivity contribution is 7.12. The summed E-state index contributed by atoms with van der Waals surface area (Å²) in [5.74, 6) is 0. The van der Waals surface area contributed by atoms with E-state index in [1.54, 1.807) is 11.3 Å². The molecule has 0 saturated carbocycles. The lowest BCUT2D eigenvalue weighted by atomic mass is 9.78. The summed E-state index contributed by atoms with van der Waals surface area (Å²) in [7, 11) is 0. The molecule has 0 spiro atoms. The Bertz CT molecular complexity index is 1270. The molecule has 2 aliphatic carbocycles. The van der Waals surface area contributed by atoms with Crippen molar-refractivity contribution in [3.05, 3.63) is 130 Å². The van der Waals surface area contributed by atoms with Crippen molar-refractivity contribution in [3.63, 3.8) is 0 Å². The molecule has 0 radical (unpaired) electrons. The van der Waals surface area contributed by atoms with Crippen LogP contribution in [0.3, 0.4) is 0 Å². The first-order chi connectivity index (χ1) is 16.2. The zero-order valence-corrected chi connectivity index (χ0v) is 18.9. The average Bonchev–Trinajstić information content (AvgIpc) is 3.42. The predicted molar refractivity (Wildman–Crippen MR) is 135 cm³/mol. The maximum atomic E-state index is 10.1. The van der Waals surface area contributed by atoms with Gasteiger partial charge in [-0.05, 0) is 47.2 Å². The van der Waals surface area contributed by atoms with Crippen LogP contribution in [-0.4, -0.2) is 0 Å². The van der Waals surface area contributed by atoms with E-state index in [1.807, 2.05) is 60.7 Å². The van der Waals surface area contributed by atoms with Crippen molar-refractivity contribution in [2.75, 3.05) is 0 Å². The third-order valence-electron chi connectivity index (χ3n) is 6.48. The number of hydrogen-bond donors (Lipinski definition) is 0. The quantitative estimate of drug-likeness (QED) is 0.424. The van der Waals surface area contributed by atoms with E-state index in [0.29, 0.717) is 12.8 Å². The summed E-state index contributed by atoms with van der Waals surface area (Å²) in [6.07, 6.45) is 13.7. The van der Waals surface area contributed by atoms with Crippen LogP contribution < -0.4 is 0 Å². The minimum atomic E-state index is -0.693. The summed E-state index contributed by atoms with van der Waals surface area (Å²) in [6.45, 7) is 0. The zero-order valence-electron chi connectivity index (χ0n) is 18.1. The molecule has 1 heterocycles. The van der Waals surface area contributed by atoms with E-state index in [-0.39, 0.29) is 0 Å². The van der Waals surface area contributed by atoms with Crippen molar-refractivity contribution >= 4 is 22.5 Å². The second kappa shape index (κ2) is 8.55. The first-order valence-electron chi connectivity index (χ1n) is 11.0. The molecule has 3 aromatic rings. The van der Waals surface area contributed by atoms with Gasteiger partial charge in [0.1, 0.15) is 10.8 Å². The molecule has 1 aromatic heterocycles. The molecule has 33 heavy (non-hydrogen) atoms. The Morgan fingerprint density at radius 1 is 0.606 bits per heavy atom. The second-order valence-electron chi connectivity index (χ2n) is 8.46. The Hall–Kier alpha value is -3.92. The van der Waals surface area contributed by atoms with Gasteiger partial charge in [0.2, 0.25) is 0 Å². The van der Waals surface area contributed by atoms with E-state index in [4.69, 9.17) is 0 Å². The molecule has 0 fully saturated rings. The van der Waals surface area contributed by atoms with Gasteiger partial charge in [0.15, 0.2) is 0 Å². The number of benzene rings is 2. The van der Waals surface area contributed by atoms with Gasteiger partial charge < -0.3 is 0 Å². The molecule has 0 bridgehead atoms. The summed E-state index contributed by atoms with van der Waals surface area (Å²) in [5, 5.41) is 20.3. The SMILES string of the molecule is N#CC1(c2ccc(C3(C#N)C=CC(c4ccccc4)=CC3)s2)C=CC(c2ccccc2)=CC1. The molecule has 2 aliphatic rings. The molecule has 2 aromatic carbocycles. The Labute approximate surface area is 198 Å². The van der Waals surface area contributed by atoms with E-state index in [2.05, 4.69) is 60.7 Å². The van der Waals surface area contributed by atoms with E-state index < -0.39 is 10.8 Å². The summed E-state index contributed by atoms with van der Waals surface area (Å²) in [6, 6.07) is 29.6. The molecule has 2 unspecified atom stereocenters. The smallest absolute Gasteiger partial charge is 0.113 e. The third kappa shape index (κ3) is 3.78. The van der Waals surface area contributed by atoms with Crippen molar-refractivity contribution in [2.45, 2.75) is 23.7 Å². The lowest BCUT2D eigenvalue weighted by molar-refractivity contribution is 0.706. The topological polar surface area (TPSA) is 47.6 Å². The third-order valence-corrected chi connectivity index (χ3v) is 7.92. The van der Waals surface area contributed by atoms with Crippen LogP contribution in [-0.2, 0) is 10.8 Å². The van der Waals surface area contributed by atoms with Crippen molar-refractivity contribution in [3.8, 4) is 12.1 Å². The second-order valence-corrected chi connectivity index (χ2v) is 9.54. The highest BCUT2D eigenvalue weighted by Gasteiger charge is 2.37. The molecular formula is C30H22N2S. The van der Waals surface area contributed by atoms with Gasteiger partial charge in [0, 0.05) is 9.75 Å². The van der Waals surface area contributed by atoms with Crippen LogP contribution >= 0.6 is 11.3 Å². The summed E-state index contributed by atoms with van der Waals surface area (Å²) in [5.41, 5.74) is 3.21. The first kappa shape index (κ1) is 21.0. The fourth-order valence-electron chi connectivity index (χ4n) is 4.43. The van der Waals surface area contributed by atoms with Crippen molar-refractivity contribution < 1.29 is 0 Å². The molecule has 0 amide bonds. The van der Waals surface area contributed by atoms with E-state index >= 15 is 0 Å². The van der Waals surface area contributed by atoms with Crippen molar-refractivity contribution in [1.82, 2.24) is 0 Å². The van der Waals surface area contributed by atoms with Crippen LogP contribution in [0.5, 0.6) is 0 Å². The Kier molecular flexibility index (Phi) is 5.43. The van der Waals surface area contributed by atoms with Crippen molar-refractivity contribution in [1.29, 1.82) is 10.5 Å². The van der Waals surface area contributed by atoms with E-state index in [1.165, 1.54) is 0 Å². The minimum absolute atomic E-state index is 0.623. The fraction of sp³-hybridized carbons (Fsp3) is 0.133. The van der Waals surface area contributed by atoms with E-state index in [9.17, 15) is 10.5 Å². The van der Waals surface area contributed by atoms with Crippen LogP contribution in [0.25, 0.3) is 11.1 Å². The maximum absolute atomic E-state index is 10.1. The number of hydrogen-bond acceptors (Lipinski definition) is 3. The van der Waals surface area contributed by atoms with Gasteiger partial charge in [-0.3, -0.25) is 0 Å². The standard InChI is InChI=1S/C30H22N2S/c31-21-29(17-13-25(14-18-29)23-7-3-1-4-8-23)27-11-12-28(33-27)30(22-32)19-15-26(16-20-30)24-9-5-2-6-10-24/h1-17,19H,18,20H2. The van der Waals surface area contributed by atoms with Crippen LogP contribution in [0.15, 0.2) is 109 Å². The number of allylic oxidation sites excluding steroid dienone is 8. The average molecular weight is 443 g/mol. The van der Waals surface area contributed by atoms with Gasteiger partial charge in [-0.2, -0.15) is 10.5 Å². The van der Waals surface area contributed by atoms with Crippen LogP contribution in [0, 0.1) is 22.7 Å². The maximum Gasteiger partial charge on any atom is 0.113 e. The van der Waals surface area contributed by atoms with Crippen LogP contribution in [0.2, 0.25) is 0 Å².